The molecule has 0 aliphatic carbocycles. The minimum Gasteiger partial charge on any atom is -0.463 e. The lowest BCUT2D eigenvalue weighted by Gasteiger charge is -2.35. The van der Waals surface area contributed by atoms with E-state index in [2.05, 4.69) is 10.1 Å². The number of nitrogens with one attached hydrogen (secondary N) is 1. The van der Waals surface area contributed by atoms with Crippen LogP contribution in [0.15, 0.2) is 16.8 Å². The Morgan fingerprint density at radius 1 is 1.22 bits per heavy atom. The standard InChI is InChI=1S/C20H32N2O11S4/c1-4-32-17(23)11-33-19(25)13(2)22-18(24)15(9-14-5-7-34-12-14)10-20(35(26)27,36(28)29)16(21)6-8-37(3,30)31/h5,7,12-13,15-16H,4,6,8-11,21H2,1-3H3,(H,22,24)(H,26,27)(H,28,29). The Labute approximate surface area is 224 Å². The number of thiophene rings is 1. The molecule has 0 saturated heterocycles. The Kier molecular flexibility index (Phi) is 13.5. The molecule has 5 unspecified atom stereocenters. The number of carbonyl (C=O) groups excluding carboxylic acids is 3. The summed E-state index contributed by atoms with van der Waals surface area (Å²) >= 11 is -4.80. The summed E-state index contributed by atoms with van der Waals surface area (Å²) < 4.78 is 75.1. The summed E-state index contributed by atoms with van der Waals surface area (Å²) in [6.07, 6.45) is -0.228. The zero-order chi connectivity index (χ0) is 28.4. The second-order valence-corrected chi connectivity index (χ2v) is 14.0. The number of rotatable bonds is 16. The average molecular weight is 605 g/mol. The van der Waals surface area contributed by atoms with Crippen LogP contribution in [-0.4, -0.2) is 85.2 Å². The zero-order valence-corrected chi connectivity index (χ0v) is 23.8. The largest absolute Gasteiger partial charge is 0.463 e. The van der Waals surface area contributed by atoms with E-state index in [1.807, 2.05) is 0 Å². The Morgan fingerprint density at radius 3 is 2.32 bits per heavy atom. The van der Waals surface area contributed by atoms with Gasteiger partial charge in [0.15, 0.2) is 32.8 Å². The van der Waals surface area contributed by atoms with E-state index in [0.29, 0.717) is 5.56 Å². The topological polar surface area (TPSA) is 216 Å². The van der Waals surface area contributed by atoms with Crippen LogP contribution < -0.4 is 11.1 Å². The van der Waals surface area contributed by atoms with E-state index in [9.17, 15) is 40.3 Å². The smallest absolute Gasteiger partial charge is 0.344 e. The van der Waals surface area contributed by atoms with Crippen LogP contribution in [0.2, 0.25) is 0 Å². The lowest BCUT2D eigenvalue weighted by molar-refractivity contribution is -0.159. The first-order valence-electron chi connectivity index (χ1n) is 10.9. The molecule has 0 aliphatic heterocycles. The van der Waals surface area contributed by atoms with E-state index in [1.54, 1.807) is 23.8 Å². The molecular weight excluding hydrogens is 572 g/mol. The lowest BCUT2D eigenvalue weighted by Crippen LogP contribution is -2.57. The van der Waals surface area contributed by atoms with Crippen molar-refractivity contribution in [3.05, 3.63) is 22.4 Å². The number of amides is 1. The molecule has 1 amide bonds. The zero-order valence-electron chi connectivity index (χ0n) is 20.5. The number of sulfone groups is 1. The monoisotopic (exact) mass is 604 g/mol. The second-order valence-electron chi connectivity index (χ2n) is 8.21. The molecule has 0 saturated carbocycles. The van der Waals surface area contributed by atoms with Crippen LogP contribution in [0.25, 0.3) is 0 Å². The van der Waals surface area contributed by atoms with Gasteiger partial charge < -0.3 is 29.6 Å². The highest BCUT2D eigenvalue weighted by atomic mass is 32.3. The fraction of sp³-hybridized carbons (Fsp3) is 0.650. The van der Waals surface area contributed by atoms with Crippen molar-refractivity contribution >= 4 is 61.2 Å². The van der Waals surface area contributed by atoms with Crippen molar-refractivity contribution in [3.63, 3.8) is 0 Å². The van der Waals surface area contributed by atoms with E-state index in [4.69, 9.17) is 10.5 Å². The van der Waals surface area contributed by atoms with Crippen molar-refractivity contribution in [2.45, 2.75) is 49.3 Å². The van der Waals surface area contributed by atoms with Crippen LogP contribution >= 0.6 is 11.3 Å². The van der Waals surface area contributed by atoms with Crippen molar-refractivity contribution in [1.82, 2.24) is 5.32 Å². The number of carbonyl (C=O) groups is 3. The third-order valence-electron chi connectivity index (χ3n) is 5.27. The summed E-state index contributed by atoms with van der Waals surface area (Å²) in [6.45, 7) is 2.27. The van der Waals surface area contributed by atoms with E-state index < -0.39 is 97.1 Å². The van der Waals surface area contributed by atoms with Crippen molar-refractivity contribution in [3.8, 4) is 0 Å². The van der Waals surface area contributed by atoms with Crippen molar-refractivity contribution in [2.75, 3.05) is 25.2 Å². The van der Waals surface area contributed by atoms with Gasteiger partial charge in [-0.2, -0.15) is 11.3 Å². The molecule has 1 rings (SSSR count). The van der Waals surface area contributed by atoms with Gasteiger partial charge in [0.1, 0.15) is 15.9 Å². The van der Waals surface area contributed by atoms with E-state index >= 15 is 0 Å². The SMILES string of the molecule is CCOC(=O)COC(=O)C(C)NC(=O)C(Cc1ccsc1)CC(C(N)CCS(C)(=O)=O)(S(=O)O)S(=O)O. The highest BCUT2D eigenvalue weighted by molar-refractivity contribution is 7.99. The van der Waals surface area contributed by atoms with Crippen LogP contribution in [0.3, 0.4) is 0 Å². The first-order chi connectivity index (χ1) is 17.1. The Morgan fingerprint density at radius 2 is 1.84 bits per heavy atom. The van der Waals surface area contributed by atoms with Gasteiger partial charge in [-0.05, 0) is 55.5 Å². The Bertz CT molecular complexity index is 1060. The van der Waals surface area contributed by atoms with Gasteiger partial charge in [0, 0.05) is 18.2 Å². The first-order valence-corrected chi connectivity index (χ1v) is 16.1. The molecule has 0 fully saturated rings. The quantitative estimate of drug-likeness (QED) is 0.143. The minimum absolute atomic E-state index is 0.0468. The molecule has 0 aromatic carbocycles. The molecule has 13 nitrogen and oxygen atoms in total. The predicted molar refractivity (Wildman–Crippen MR) is 138 cm³/mol. The highest BCUT2D eigenvalue weighted by Gasteiger charge is 2.51. The molecular formula is C20H32N2O11S4. The summed E-state index contributed by atoms with van der Waals surface area (Å²) in [5.41, 5.74) is 6.64. The molecule has 0 spiro atoms. The number of hydrogen-bond donors (Lipinski definition) is 4. The Hall–Kier alpha value is -1.76. The Balaban J connectivity index is 3.21. The third kappa shape index (κ3) is 10.5. The summed E-state index contributed by atoms with van der Waals surface area (Å²) in [6, 6.07) is -1.12. The van der Waals surface area contributed by atoms with Crippen molar-refractivity contribution < 1.29 is 49.8 Å². The molecule has 0 radical (unpaired) electrons. The molecule has 1 aromatic rings. The maximum absolute atomic E-state index is 13.2. The van der Waals surface area contributed by atoms with Gasteiger partial charge in [0.2, 0.25) is 5.91 Å². The maximum Gasteiger partial charge on any atom is 0.344 e. The first kappa shape index (κ1) is 33.3. The van der Waals surface area contributed by atoms with Gasteiger partial charge in [0.05, 0.1) is 12.4 Å². The summed E-state index contributed by atoms with van der Waals surface area (Å²) in [4.78, 5) is 36.8. The van der Waals surface area contributed by atoms with Crippen LogP contribution in [0.5, 0.6) is 0 Å². The average Bonchev–Trinajstić information content (AvgIpc) is 3.30. The molecule has 212 valence electrons. The number of ether oxygens (including phenoxy) is 2. The molecule has 0 aliphatic rings. The maximum atomic E-state index is 13.2. The van der Waals surface area contributed by atoms with Gasteiger partial charge in [-0.25, -0.2) is 26.4 Å². The van der Waals surface area contributed by atoms with E-state index in [0.717, 1.165) is 6.26 Å². The van der Waals surface area contributed by atoms with E-state index in [-0.39, 0.29) is 13.0 Å². The molecule has 0 bridgehead atoms. The van der Waals surface area contributed by atoms with Gasteiger partial charge in [0.25, 0.3) is 0 Å². The van der Waals surface area contributed by atoms with E-state index in [1.165, 1.54) is 18.3 Å². The lowest BCUT2D eigenvalue weighted by atomic mass is 9.91. The molecule has 37 heavy (non-hydrogen) atoms. The predicted octanol–water partition coefficient (Wildman–Crippen LogP) is -0.190. The normalized spacial score (nSPS) is 17.5. The molecule has 5 N–H and O–H groups in total. The highest BCUT2D eigenvalue weighted by Crippen LogP contribution is 2.33. The molecule has 5 atom stereocenters. The van der Waals surface area contributed by atoms with Crippen LogP contribution in [0.4, 0.5) is 0 Å². The number of nitrogens with two attached hydrogens (primary N) is 1. The molecule has 1 heterocycles. The third-order valence-corrected chi connectivity index (χ3v) is 9.96. The van der Waals surface area contributed by atoms with Gasteiger partial charge >= 0.3 is 11.9 Å². The van der Waals surface area contributed by atoms with Crippen molar-refractivity contribution in [2.24, 2.45) is 11.7 Å². The van der Waals surface area contributed by atoms with Crippen LogP contribution in [0.1, 0.15) is 32.3 Å². The minimum atomic E-state index is -3.56. The summed E-state index contributed by atoms with van der Waals surface area (Å²) in [5.74, 6) is -4.31. The summed E-state index contributed by atoms with van der Waals surface area (Å²) in [5, 5.41) is 5.81. The molecule has 1 aromatic heterocycles. The fourth-order valence-corrected chi connectivity index (χ4v) is 6.61. The summed E-state index contributed by atoms with van der Waals surface area (Å²) in [7, 11) is -3.56. The van der Waals surface area contributed by atoms with Crippen LogP contribution in [0, 0.1) is 5.92 Å². The van der Waals surface area contributed by atoms with Gasteiger partial charge in [-0.1, -0.05) is 0 Å². The number of hydrogen-bond acceptors (Lipinski definition) is 11. The second kappa shape index (κ2) is 15.0. The fourth-order valence-electron chi connectivity index (χ4n) is 3.32. The molecule has 17 heteroatoms. The van der Waals surface area contributed by atoms with Gasteiger partial charge in [-0.3, -0.25) is 4.79 Å². The van der Waals surface area contributed by atoms with Crippen molar-refractivity contribution in [1.29, 1.82) is 0 Å². The van der Waals surface area contributed by atoms with Crippen LogP contribution in [-0.2, 0) is 62.3 Å². The number of esters is 2. The van der Waals surface area contributed by atoms with Gasteiger partial charge in [-0.15, -0.1) is 0 Å².